The molecular weight excluding hydrogens is 452 g/mol. The molecule has 3 aromatic rings. The fourth-order valence-electron chi connectivity index (χ4n) is 3.81. The van der Waals surface area contributed by atoms with Crippen LogP contribution in [0.15, 0.2) is 76.5 Å². The van der Waals surface area contributed by atoms with E-state index in [1.807, 2.05) is 39.2 Å². The van der Waals surface area contributed by atoms with Crippen LogP contribution in [0.1, 0.15) is 46.9 Å². The van der Waals surface area contributed by atoms with Crippen molar-refractivity contribution >= 4 is 33.4 Å². The Labute approximate surface area is 201 Å². The first-order valence-electron chi connectivity index (χ1n) is 10.8. The summed E-state index contributed by atoms with van der Waals surface area (Å²) in [7, 11) is -3.70. The van der Waals surface area contributed by atoms with Crippen LogP contribution in [0.2, 0.25) is 0 Å². The highest BCUT2D eigenvalue weighted by Gasteiger charge is 2.24. The third-order valence-electron chi connectivity index (χ3n) is 5.59. The van der Waals surface area contributed by atoms with Crippen molar-refractivity contribution in [2.24, 2.45) is 0 Å². The van der Waals surface area contributed by atoms with E-state index < -0.39 is 10.0 Å². The molecule has 1 atom stereocenters. The average Bonchev–Trinajstić information content (AvgIpc) is 2.79. The lowest BCUT2D eigenvalue weighted by molar-refractivity contribution is 0.0940. The minimum atomic E-state index is -3.70. The van der Waals surface area contributed by atoms with Gasteiger partial charge in [0, 0.05) is 17.0 Å². The molecule has 174 valence electrons. The van der Waals surface area contributed by atoms with Gasteiger partial charge >= 0.3 is 0 Å². The molecule has 0 aliphatic carbocycles. The monoisotopic (exact) mass is 482 g/mol. The molecule has 3 rings (SSSR count). The maximum atomic E-state index is 13.2. The summed E-state index contributed by atoms with van der Waals surface area (Å²) in [4.78, 5) is 14.0. The Morgan fingerprint density at radius 3 is 2.18 bits per heavy atom. The maximum Gasteiger partial charge on any atom is 0.264 e. The lowest BCUT2D eigenvalue weighted by Crippen LogP contribution is -2.31. The molecular formula is C26H30N2O3S2. The topological polar surface area (TPSA) is 66.5 Å². The average molecular weight is 483 g/mol. The molecule has 0 saturated carbocycles. The van der Waals surface area contributed by atoms with Crippen molar-refractivity contribution in [2.45, 2.75) is 43.5 Å². The largest absolute Gasteiger partial charge is 0.346 e. The zero-order chi connectivity index (χ0) is 24.2. The molecule has 33 heavy (non-hydrogen) atoms. The molecule has 0 bridgehead atoms. The lowest BCUT2D eigenvalue weighted by atomic mass is 10.00. The molecule has 0 spiro atoms. The first-order valence-corrected chi connectivity index (χ1v) is 13.5. The number of nitrogens with zero attached hydrogens (tertiary/aromatic N) is 1. The molecule has 1 N–H and O–H groups in total. The summed E-state index contributed by atoms with van der Waals surface area (Å²) in [6, 6.07) is 19.6. The number of hydrogen-bond donors (Lipinski definition) is 1. The Morgan fingerprint density at radius 1 is 1.00 bits per heavy atom. The quantitative estimate of drug-likeness (QED) is 0.416. The van der Waals surface area contributed by atoms with Gasteiger partial charge in [-0.2, -0.15) is 0 Å². The standard InChI is InChI=1S/C26H30N2O3S2/c1-6-28(33(30,31)24-14-12-23(32-5)13-15-24)22-10-8-21(9-11-22)26(29)27-20(4)25-16-7-18(2)17-19(25)3/h7-17,20H,6H2,1-5H3,(H,27,29)/t20-/m0/s1. The number of nitrogens with one attached hydrogen (secondary N) is 1. The first kappa shape index (κ1) is 24.9. The van der Waals surface area contributed by atoms with E-state index >= 15 is 0 Å². The number of anilines is 1. The third kappa shape index (κ3) is 5.60. The summed E-state index contributed by atoms with van der Waals surface area (Å²) in [6.45, 7) is 8.11. The number of sulfonamides is 1. The van der Waals surface area contributed by atoms with Crippen LogP contribution in [0.3, 0.4) is 0 Å². The predicted molar refractivity (Wildman–Crippen MR) is 137 cm³/mol. The van der Waals surface area contributed by atoms with Crippen molar-refractivity contribution in [3.63, 3.8) is 0 Å². The van der Waals surface area contributed by atoms with Gasteiger partial charge in [0.2, 0.25) is 0 Å². The predicted octanol–water partition coefficient (Wildman–Crippen LogP) is 5.73. The van der Waals surface area contributed by atoms with E-state index in [0.29, 0.717) is 11.3 Å². The molecule has 0 aliphatic heterocycles. The van der Waals surface area contributed by atoms with Crippen molar-refractivity contribution in [3.05, 3.63) is 89.0 Å². The van der Waals surface area contributed by atoms with Gasteiger partial charge in [0.25, 0.3) is 15.9 Å². The highest BCUT2D eigenvalue weighted by molar-refractivity contribution is 7.98. The second-order valence-electron chi connectivity index (χ2n) is 7.95. The Bertz CT molecular complexity index is 1220. The van der Waals surface area contributed by atoms with Crippen LogP contribution in [0.4, 0.5) is 5.69 Å². The Morgan fingerprint density at radius 2 is 1.64 bits per heavy atom. The van der Waals surface area contributed by atoms with Crippen molar-refractivity contribution in [1.29, 1.82) is 0 Å². The molecule has 7 heteroatoms. The van der Waals surface area contributed by atoms with Crippen LogP contribution in [0.5, 0.6) is 0 Å². The molecule has 5 nitrogen and oxygen atoms in total. The Kier molecular flexibility index (Phi) is 7.87. The smallest absolute Gasteiger partial charge is 0.264 e. The summed E-state index contributed by atoms with van der Waals surface area (Å²) in [5.74, 6) is -0.201. The van der Waals surface area contributed by atoms with E-state index in [2.05, 4.69) is 11.4 Å². The fourth-order valence-corrected chi connectivity index (χ4v) is 5.70. The second kappa shape index (κ2) is 10.4. The van der Waals surface area contributed by atoms with Gasteiger partial charge in [0.15, 0.2) is 0 Å². The first-order chi connectivity index (χ1) is 15.7. The van der Waals surface area contributed by atoms with Crippen LogP contribution >= 0.6 is 11.8 Å². The zero-order valence-corrected chi connectivity index (χ0v) is 21.3. The number of hydrogen-bond acceptors (Lipinski definition) is 4. The Hall–Kier alpha value is -2.77. The zero-order valence-electron chi connectivity index (χ0n) is 19.6. The summed E-state index contributed by atoms with van der Waals surface area (Å²) in [5.41, 5.74) is 4.38. The fraction of sp³-hybridized carbons (Fsp3) is 0.269. The summed E-state index contributed by atoms with van der Waals surface area (Å²) < 4.78 is 27.7. The van der Waals surface area contributed by atoms with E-state index in [9.17, 15) is 13.2 Å². The van der Waals surface area contributed by atoms with Crippen molar-refractivity contribution in [1.82, 2.24) is 5.32 Å². The van der Waals surface area contributed by atoms with Crippen LogP contribution in [0.25, 0.3) is 0 Å². The molecule has 0 fully saturated rings. The molecule has 1 amide bonds. The Balaban J connectivity index is 1.77. The summed E-state index contributed by atoms with van der Waals surface area (Å²) >= 11 is 1.56. The molecule has 0 aromatic heterocycles. The van der Waals surface area contributed by atoms with Crippen LogP contribution in [-0.4, -0.2) is 27.1 Å². The van der Waals surface area contributed by atoms with E-state index in [1.54, 1.807) is 67.2 Å². The maximum absolute atomic E-state index is 13.2. The highest BCUT2D eigenvalue weighted by atomic mass is 32.2. The van der Waals surface area contributed by atoms with E-state index in [4.69, 9.17) is 0 Å². The van der Waals surface area contributed by atoms with Gasteiger partial charge in [-0.25, -0.2) is 8.42 Å². The van der Waals surface area contributed by atoms with Gasteiger partial charge in [-0.1, -0.05) is 23.8 Å². The van der Waals surface area contributed by atoms with Gasteiger partial charge in [-0.15, -0.1) is 11.8 Å². The van der Waals surface area contributed by atoms with E-state index in [1.165, 1.54) is 9.87 Å². The minimum absolute atomic E-state index is 0.144. The summed E-state index contributed by atoms with van der Waals surface area (Å²) in [5, 5.41) is 3.03. The van der Waals surface area contributed by atoms with Crippen molar-refractivity contribution in [2.75, 3.05) is 17.1 Å². The summed E-state index contributed by atoms with van der Waals surface area (Å²) in [6.07, 6.45) is 1.95. The molecule has 3 aromatic carbocycles. The number of carbonyl (C=O) groups excluding carboxylic acids is 1. The van der Waals surface area contributed by atoms with Crippen LogP contribution in [-0.2, 0) is 10.0 Å². The van der Waals surface area contributed by atoms with Crippen LogP contribution in [0, 0.1) is 13.8 Å². The van der Waals surface area contributed by atoms with Crippen LogP contribution < -0.4 is 9.62 Å². The number of aryl methyl sites for hydroxylation is 2. The number of thioether (sulfide) groups is 1. The van der Waals surface area contributed by atoms with Gasteiger partial charge in [-0.05, 0) is 93.6 Å². The van der Waals surface area contributed by atoms with Crippen molar-refractivity contribution < 1.29 is 13.2 Å². The molecule has 0 saturated heterocycles. The number of carbonyl (C=O) groups is 1. The van der Waals surface area contributed by atoms with Gasteiger partial charge in [0.1, 0.15) is 0 Å². The molecule has 0 unspecified atom stereocenters. The van der Waals surface area contributed by atoms with E-state index in [0.717, 1.165) is 16.0 Å². The number of amides is 1. The number of benzene rings is 3. The van der Waals surface area contributed by atoms with Gasteiger partial charge in [-0.3, -0.25) is 9.10 Å². The SMILES string of the molecule is CCN(c1ccc(C(=O)N[C@@H](C)c2ccc(C)cc2C)cc1)S(=O)(=O)c1ccc(SC)cc1. The highest BCUT2D eigenvalue weighted by Crippen LogP contribution is 2.26. The molecule has 0 heterocycles. The number of rotatable bonds is 8. The van der Waals surface area contributed by atoms with Gasteiger partial charge in [0.05, 0.1) is 16.6 Å². The normalized spacial score (nSPS) is 12.3. The molecule has 0 aliphatic rings. The van der Waals surface area contributed by atoms with Crippen molar-refractivity contribution in [3.8, 4) is 0 Å². The minimum Gasteiger partial charge on any atom is -0.346 e. The van der Waals surface area contributed by atoms with E-state index in [-0.39, 0.29) is 23.4 Å². The second-order valence-corrected chi connectivity index (χ2v) is 10.7. The lowest BCUT2D eigenvalue weighted by Gasteiger charge is -2.23. The molecule has 0 radical (unpaired) electrons. The third-order valence-corrected chi connectivity index (χ3v) is 8.25. The van der Waals surface area contributed by atoms with Gasteiger partial charge < -0.3 is 5.32 Å².